The first-order chi connectivity index (χ1) is 12.5. The van der Waals surface area contributed by atoms with Crippen LogP contribution in [-0.2, 0) is 4.79 Å². The molecule has 2 N–H and O–H groups in total. The van der Waals surface area contributed by atoms with E-state index in [2.05, 4.69) is 5.43 Å². The van der Waals surface area contributed by atoms with Gasteiger partial charge in [-0.25, -0.2) is 9.80 Å². The van der Waals surface area contributed by atoms with Crippen LogP contribution in [0, 0.1) is 0 Å². The Labute approximate surface area is 159 Å². The van der Waals surface area contributed by atoms with Crippen molar-refractivity contribution < 1.29 is 19.4 Å². The number of carbonyl (C=O) groups excluding carboxylic acids is 1. The van der Waals surface area contributed by atoms with E-state index in [4.69, 9.17) is 17.0 Å². The molecule has 1 fully saturated rings. The first kappa shape index (κ1) is 18.0. The number of rotatable bonds is 5. The first-order valence-corrected chi connectivity index (χ1v) is 8.73. The van der Waals surface area contributed by atoms with Crippen molar-refractivity contribution in [3.05, 3.63) is 64.6 Å². The van der Waals surface area contributed by atoms with Gasteiger partial charge in [-0.3, -0.25) is 10.2 Å². The molecule has 0 bridgehead atoms. The maximum atomic E-state index is 12.7. The van der Waals surface area contributed by atoms with Gasteiger partial charge in [-0.15, -0.1) is 0 Å². The van der Waals surface area contributed by atoms with Crippen molar-refractivity contribution in [3.8, 4) is 5.75 Å². The van der Waals surface area contributed by atoms with Gasteiger partial charge in [0.1, 0.15) is 5.75 Å². The summed E-state index contributed by atoms with van der Waals surface area (Å²) in [6.45, 7) is 0. The van der Waals surface area contributed by atoms with Gasteiger partial charge in [0.2, 0.25) is 0 Å². The van der Waals surface area contributed by atoms with Crippen LogP contribution in [0.1, 0.15) is 15.9 Å². The Kier molecular flexibility index (Phi) is 5.24. The molecule has 1 aliphatic rings. The second-order valence-electron chi connectivity index (χ2n) is 5.22. The van der Waals surface area contributed by atoms with E-state index >= 15 is 0 Å². The maximum absolute atomic E-state index is 12.7. The van der Waals surface area contributed by atoms with Crippen LogP contribution in [0.4, 0.5) is 5.69 Å². The van der Waals surface area contributed by atoms with Gasteiger partial charge < -0.3 is 9.84 Å². The van der Waals surface area contributed by atoms with Gasteiger partial charge in [-0.05, 0) is 36.5 Å². The molecule has 0 aromatic heterocycles. The zero-order valence-electron chi connectivity index (χ0n) is 13.6. The van der Waals surface area contributed by atoms with Gasteiger partial charge in [-0.2, -0.15) is 0 Å². The molecule has 8 heteroatoms. The molecule has 6 nitrogen and oxygen atoms in total. The van der Waals surface area contributed by atoms with Crippen LogP contribution in [0.2, 0.25) is 0 Å². The number of thioether (sulfide) groups is 1. The number of nitrogens with zero attached hydrogens (tertiary/aromatic N) is 1. The third kappa shape index (κ3) is 3.56. The highest BCUT2D eigenvalue weighted by Gasteiger charge is 2.33. The number of anilines is 1. The minimum absolute atomic E-state index is 0.0512. The van der Waals surface area contributed by atoms with Crippen LogP contribution in [0.3, 0.4) is 0 Å². The molecule has 0 atom stereocenters. The van der Waals surface area contributed by atoms with Crippen molar-refractivity contribution in [2.45, 2.75) is 0 Å². The van der Waals surface area contributed by atoms with E-state index in [1.54, 1.807) is 37.5 Å². The monoisotopic (exact) mass is 386 g/mol. The standard InChI is InChI=1S/C18H14N2O4S2/c1-24-14-9-5-2-6-11(14)10-15-16(21)20(18(25)26-15)19-13-8-4-3-7-12(13)17(22)23/h2-10,19H,1H3,(H,22,23)/b15-10+. The van der Waals surface area contributed by atoms with E-state index in [0.29, 0.717) is 10.7 Å². The molecule has 1 heterocycles. The van der Waals surface area contributed by atoms with Crippen LogP contribution < -0.4 is 10.2 Å². The minimum atomic E-state index is -1.09. The number of aromatic carboxylic acids is 1. The molecule has 132 valence electrons. The Morgan fingerprint density at radius 2 is 1.92 bits per heavy atom. The second kappa shape index (κ2) is 7.59. The van der Waals surface area contributed by atoms with Crippen molar-refractivity contribution >= 4 is 51.9 Å². The van der Waals surface area contributed by atoms with Crippen LogP contribution >= 0.6 is 24.0 Å². The molecule has 0 aliphatic carbocycles. The average Bonchev–Trinajstić information content (AvgIpc) is 2.90. The lowest BCUT2D eigenvalue weighted by molar-refractivity contribution is -0.121. The number of thiocarbonyl (C=S) groups is 1. The quantitative estimate of drug-likeness (QED) is 0.600. The summed E-state index contributed by atoms with van der Waals surface area (Å²) in [5.41, 5.74) is 3.89. The van der Waals surface area contributed by atoms with Gasteiger partial charge in [0, 0.05) is 5.56 Å². The Balaban J connectivity index is 1.88. The van der Waals surface area contributed by atoms with Gasteiger partial charge >= 0.3 is 5.97 Å². The van der Waals surface area contributed by atoms with E-state index in [1.165, 1.54) is 11.1 Å². The second-order valence-corrected chi connectivity index (χ2v) is 6.90. The molecule has 0 spiro atoms. The molecule has 0 unspecified atom stereocenters. The molecular formula is C18H14N2O4S2. The van der Waals surface area contributed by atoms with Crippen LogP contribution in [-0.4, -0.2) is 33.4 Å². The molecule has 2 aromatic rings. The summed E-state index contributed by atoms with van der Waals surface area (Å²) >= 11 is 6.40. The lowest BCUT2D eigenvalue weighted by atomic mass is 10.2. The average molecular weight is 386 g/mol. The summed E-state index contributed by atoms with van der Waals surface area (Å²) in [6.07, 6.45) is 1.70. The number of para-hydroxylation sites is 2. The summed E-state index contributed by atoms with van der Waals surface area (Å²) in [7, 11) is 1.56. The predicted molar refractivity (Wildman–Crippen MR) is 105 cm³/mol. The zero-order chi connectivity index (χ0) is 18.7. The fourth-order valence-electron chi connectivity index (χ4n) is 2.38. The molecular weight excluding hydrogens is 372 g/mol. The summed E-state index contributed by atoms with van der Waals surface area (Å²) in [6, 6.07) is 13.6. The summed E-state index contributed by atoms with van der Waals surface area (Å²) in [5, 5.41) is 10.4. The van der Waals surface area contributed by atoms with Crippen LogP contribution in [0.15, 0.2) is 53.4 Å². The molecule has 2 aromatic carbocycles. The van der Waals surface area contributed by atoms with Gasteiger partial charge in [-0.1, -0.05) is 42.1 Å². The Morgan fingerprint density at radius 3 is 2.65 bits per heavy atom. The number of carboxylic acids is 1. The highest BCUT2D eigenvalue weighted by molar-refractivity contribution is 8.26. The topological polar surface area (TPSA) is 78.9 Å². The Bertz CT molecular complexity index is 927. The molecule has 1 aliphatic heterocycles. The summed E-state index contributed by atoms with van der Waals surface area (Å²) < 4.78 is 5.58. The number of nitrogens with one attached hydrogen (secondary N) is 1. The number of carboxylic acid groups (broad SMARTS) is 1. The van der Waals surface area contributed by atoms with E-state index in [1.807, 2.05) is 18.2 Å². The van der Waals surface area contributed by atoms with E-state index in [0.717, 1.165) is 17.3 Å². The van der Waals surface area contributed by atoms with Crippen LogP contribution in [0.5, 0.6) is 5.75 Å². The Hall–Kier alpha value is -2.84. The van der Waals surface area contributed by atoms with Gasteiger partial charge in [0.25, 0.3) is 5.91 Å². The third-order valence-corrected chi connectivity index (χ3v) is 4.91. The molecule has 26 heavy (non-hydrogen) atoms. The fourth-order valence-corrected chi connectivity index (χ4v) is 3.55. The van der Waals surface area contributed by atoms with Crippen molar-refractivity contribution in [3.63, 3.8) is 0 Å². The zero-order valence-corrected chi connectivity index (χ0v) is 15.3. The van der Waals surface area contributed by atoms with Crippen molar-refractivity contribution in [2.24, 2.45) is 0 Å². The summed E-state index contributed by atoms with van der Waals surface area (Å²) in [5.74, 6) is -0.809. The number of hydrogen-bond acceptors (Lipinski definition) is 6. The van der Waals surface area contributed by atoms with Gasteiger partial charge in [0.05, 0.1) is 23.3 Å². The largest absolute Gasteiger partial charge is 0.496 e. The van der Waals surface area contributed by atoms with Gasteiger partial charge in [0.15, 0.2) is 4.32 Å². The number of methoxy groups -OCH3 is 1. The first-order valence-electron chi connectivity index (χ1n) is 7.51. The molecule has 3 rings (SSSR count). The SMILES string of the molecule is COc1ccccc1/C=C1/SC(=S)N(Nc2ccccc2C(=O)O)C1=O. The smallest absolute Gasteiger partial charge is 0.337 e. The van der Waals surface area contributed by atoms with Crippen molar-refractivity contribution in [1.82, 2.24) is 5.01 Å². The molecule has 0 saturated carbocycles. The summed E-state index contributed by atoms with van der Waals surface area (Å²) in [4.78, 5) is 24.4. The van der Waals surface area contributed by atoms with Crippen molar-refractivity contribution in [2.75, 3.05) is 12.5 Å². The number of hydrazine groups is 1. The lowest BCUT2D eigenvalue weighted by Crippen LogP contribution is -2.34. The number of hydrogen-bond donors (Lipinski definition) is 2. The van der Waals surface area contributed by atoms with E-state index < -0.39 is 5.97 Å². The molecule has 0 radical (unpaired) electrons. The highest BCUT2D eigenvalue weighted by Crippen LogP contribution is 2.34. The van der Waals surface area contributed by atoms with E-state index in [9.17, 15) is 14.7 Å². The van der Waals surface area contributed by atoms with Crippen LogP contribution in [0.25, 0.3) is 6.08 Å². The number of ether oxygens (including phenoxy) is 1. The van der Waals surface area contributed by atoms with E-state index in [-0.39, 0.29) is 21.5 Å². The highest BCUT2D eigenvalue weighted by atomic mass is 32.2. The number of carbonyl (C=O) groups is 2. The number of benzene rings is 2. The minimum Gasteiger partial charge on any atom is -0.496 e. The third-order valence-electron chi connectivity index (χ3n) is 3.61. The predicted octanol–water partition coefficient (Wildman–Crippen LogP) is 3.62. The fraction of sp³-hybridized carbons (Fsp3) is 0.0556. The lowest BCUT2D eigenvalue weighted by Gasteiger charge is -2.18. The Morgan fingerprint density at radius 1 is 1.23 bits per heavy atom. The molecule has 1 amide bonds. The van der Waals surface area contributed by atoms with Crippen molar-refractivity contribution in [1.29, 1.82) is 0 Å². The number of amides is 1. The normalized spacial score (nSPS) is 15.4. The maximum Gasteiger partial charge on any atom is 0.337 e. The molecule has 1 saturated heterocycles.